The average molecular weight is 158 g/mol. The van der Waals surface area contributed by atoms with Crippen LogP contribution in [0.2, 0.25) is 0 Å². The van der Waals surface area contributed by atoms with E-state index in [0.29, 0.717) is 0 Å². The SMILES string of the molecule is C.[SiH3][Mn][Fe]. The van der Waals surface area contributed by atoms with E-state index < -0.39 is 0 Å². The van der Waals surface area contributed by atoms with Gasteiger partial charge in [-0.25, -0.2) is 0 Å². The van der Waals surface area contributed by atoms with E-state index in [1.165, 1.54) is 8.85 Å². The number of hydrogen-bond acceptors (Lipinski definition) is 0. The first-order valence-electron chi connectivity index (χ1n) is 0.512. The molecule has 0 radical (unpaired) electrons. The molecule has 0 aromatic carbocycles. The molecule has 0 heterocycles. The van der Waals surface area contributed by atoms with E-state index in [-0.39, 0.29) is 7.43 Å². The van der Waals surface area contributed by atoms with Crippen molar-refractivity contribution in [2.75, 3.05) is 0 Å². The van der Waals surface area contributed by atoms with Crippen molar-refractivity contribution >= 4 is 8.85 Å². The summed E-state index contributed by atoms with van der Waals surface area (Å²) in [6, 6.07) is 0. The Balaban J connectivity index is 0. The summed E-state index contributed by atoms with van der Waals surface area (Å²) in [5, 5.41) is 0. The summed E-state index contributed by atoms with van der Waals surface area (Å²) in [6.45, 7) is 0. The van der Waals surface area contributed by atoms with Crippen LogP contribution in [0.15, 0.2) is 0 Å². The van der Waals surface area contributed by atoms with Gasteiger partial charge < -0.3 is 0 Å². The van der Waals surface area contributed by atoms with Gasteiger partial charge in [0, 0.05) is 0 Å². The predicted molar refractivity (Wildman–Crippen MR) is 16.7 cm³/mol. The predicted octanol–water partition coefficient (Wildman–Crippen LogP) is -0.553. The second-order valence-electron chi connectivity index (χ2n) is 0.134. The normalized spacial score (nSPS) is 5.25. The van der Waals surface area contributed by atoms with Gasteiger partial charge in [-0.3, -0.25) is 0 Å². The maximum atomic E-state index is 3.58. The fraction of sp³-hybridized carbons (Fsp3) is 1.00. The zero-order valence-electron chi connectivity index (χ0n) is 1.73. The van der Waals surface area contributed by atoms with Crippen LogP contribution in [0.25, 0.3) is 0 Å². The molecular weight excluding hydrogens is 151 g/mol. The van der Waals surface area contributed by atoms with E-state index >= 15 is 0 Å². The molecule has 0 spiro atoms. The van der Waals surface area contributed by atoms with Gasteiger partial charge in [-0.15, -0.1) is 0 Å². The molecule has 3 heteroatoms. The van der Waals surface area contributed by atoms with Crippen molar-refractivity contribution in [2.45, 2.75) is 7.43 Å². The molecule has 0 bridgehead atoms. The van der Waals surface area contributed by atoms with Crippen molar-refractivity contribution in [3.8, 4) is 0 Å². The van der Waals surface area contributed by atoms with E-state index in [0.717, 1.165) is 12.5 Å². The van der Waals surface area contributed by atoms with Crippen molar-refractivity contribution in [2.24, 2.45) is 0 Å². The Hall–Kier alpha value is 1.26. The summed E-state index contributed by atoms with van der Waals surface area (Å²) < 4.78 is 0. The first-order chi connectivity index (χ1) is 1.41. The van der Waals surface area contributed by atoms with E-state index in [2.05, 4.69) is 14.2 Å². The first-order valence-corrected chi connectivity index (χ1v) is 6.95. The minimum absolute atomic E-state index is 0. The van der Waals surface area contributed by atoms with Gasteiger partial charge in [0.2, 0.25) is 0 Å². The zero-order chi connectivity index (χ0) is 2.71. The van der Waals surface area contributed by atoms with Crippen LogP contribution in [-0.4, -0.2) is 8.85 Å². The van der Waals surface area contributed by atoms with Crippen molar-refractivity contribution in [1.82, 2.24) is 0 Å². The molecule has 30 valence electrons. The molecule has 0 nitrogen and oxygen atoms in total. The summed E-state index contributed by atoms with van der Waals surface area (Å²) in [5.41, 5.74) is 0. The van der Waals surface area contributed by atoms with Crippen molar-refractivity contribution in [3.63, 3.8) is 0 Å². The molecule has 0 aliphatic heterocycles. The van der Waals surface area contributed by atoms with Gasteiger partial charge in [0.15, 0.2) is 0 Å². The van der Waals surface area contributed by atoms with Gasteiger partial charge >= 0.3 is 35.5 Å². The Morgan fingerprint density at radius 2 is 1.75 bits per heavy atom. The molecule has 0 saturated heterocycles. The van der Waals surface area contributed by atoms with E-state index in [1.54, 1.807) is 0 Å². The maximum absolute atomic E-state index is 3.58. The van der Waals surface area contributed by atoms with Gasteiger partial charge in [0.25, 0.3) is 0 Å². The summed E-state index contributed by atoms with van der Waals surface area (Å²) in [4.78, 5) is 0. The van der Waals surface area contributed by atoms with Crippen LogP contribution < -0.4 is 0 Å². The number of rotatable bonds is 0. The Kier molecular flexibility index (Phi) is 19.9. The average Bonchev–Trinajstić information content (AvgIpc) is 0.918. The summed E-state index contributed by atoms with van der Waals surface area (Å²) >= 11 is 4.53. The third-order valence-corrected chi connectivity index (χ3v) is 0. The fourth-order valence-corrected chi connectivity index (χ4v) is 0. The van der Waals surface area contributed by atoms with Crippen molar-refractivity contribution in [1.29, 1.82) is 0 Å². The molecule has 0 rings (SSSR count). The monoisotopic (exact) mass is 158 g/mol. The Morgan fingerprint density at radius 1 is 1.75 bits per heavy atom. The van der Waals surface area contributed by atoms with Gasteiger partial charge in [-0.2, -0.15) is 0 Å². The third kappa shape index (κ3) is 10.5. The van der Waals surface area contributed by atoms with Crippen LogP contribution in [0.4, 0.5) is 0 Å². The van der Waals surface area contributed by atoms with Crippen molar-refractivity contribution in [3.05, 3.63) is 0 Å². The summed E-state index contributed by atoms with van der Waals surface area (Å²) in [7, 11) is 1.29. The molecule has 0 aromatic rings. The molecule has 0 aromatic heterocycles. The minimum atomic E-state index is 0. The van der Waals surface area contributed by atoms with Crippen LogP contribution in [0.3, 0.4) is 0 Å². The second kappa shape index (κ2) is 8.87. The van der Waals surface area contributed by atoms with E-state index in [4.69, 9.17) is 0 Å². The van der Waals surface area contributed by atoms with Gasteiger partial charge in [0.1, 0.15) is 0 Å². The molecule has 0 atom stereocenters. The van der Waals surface area contributed by atoms with Crippen LogP contribution >= 0.6 is 0 Å². The molecular formula is CH7FeMnSi. The Morgan fingerprint density at radius 3 is 1.75 bits per heavy atom. The molecule has 0 aliphatic carbocycles. The standard InChI is InChI=1S/CH4.Fe.Mn.H3Si/h1H4;;;1H3. The summed E-state index contributed by atoms with van der Waals surface area (Å²) in [6.07, 6.45) is 0. The molecule has 0 aliphatic rings. The zero-order valence-corrected chi connectivity index (χ0v) is 6.02. The quantitative estimate of drug-likeness (QED) is 0.415. The molecule has 0 saturated carbocycles. The molecule has 0 N–H and O–H groups in total. The Labute approximate surface area is 43.1 Å². The Bertz CT molecular complexity index is 8.00. The van der Waals surface area contributed by atoms with Gasteiger partial charge in [0.05, 0.1) is 0 Å². The topological polar surface area (TPSA) is 0 Å². The molecule has 0 fully saturated rings. The molecule has 4 heavy (non-hydrogen) atoms. The third-order valence-electron chi connectivity index (χ3n) is 0. The summed E-state index contributed by atoms with van der Waals surface area (Å²) in [5.74, 6) is 0. The van der Waals surface area contributed by atoms with Crippen LogP contribution in [0.5, 0.6) is 0 Å². The van der Waals surface area contributed by atoms with E-state index in [1.807, 2.05) is 0 Å². The molecule has 0 amide bonds. The second-order valence-corrected chi connectivity index (χ2v) is 6.82. The fourth-order valence-electron chi connectivity index (χ4n) is 0. The van der Waals surface area contributed by atoms with Gasteiger partial charge in [-0.05, 0) is 0 Å². The van der Waals surface area contributed by atoms with Crippen LogP contribution in [-0.2, 0) is 26.7 Å². The number of hydrogen-bond donors (Lipinski definition) is 0. The van der Waals surface area contributed by atoms with Crippen LogP contribution in [0, 0.1) is 0 Å². The first kappa shape index (κ1) is 8.98. The molecule has 0 unspecified atom stereocenters. The van der Waals surface area contributed by atoms with Gasteiger partial charge in [-0.1, -0.05) is 7.43 Å². The van der Waals surface area contributed by atoms with Crippen LogP contribution in [0.1, 0.15) is 7.43 Å². The van der Waals surface area contributed by atoms with Crippen molar-refractivity contribution < 1.29 is 26.7 Å². The van der Waals surface area contributed by atoms with E-state index in [9.17, 15) is 0 Å².